The van der Waals surface area contributed by atoms with Crippen molar-refractivity contribution in [3.63, 3.8) is 0 Å². The third-order valence-corrected chi connectivity index (χ3v) is 6.78. The molecule has 0 aliphatic heterocycles. The van der Waals surface area contributed by atoms with Crippen LogP contribution in [0.1, 0.15) is 68.2 Å². The second-order valence-corrected chi connectivity index (χ2v) is 11.8. The molecule has 0 saturated heterocycles. The van der Waals surface area contributed by atoms with Gasteiger partial charge in [0.05, 0.1) is 9.49 Å². The molecule has 25 heavy (non-hydrogen) atoms. The van der Waals surface area contributed by atoms with Gasteiger partial charge in [-0.05, 0) is 48.7 Å². The summed E-state index contributed by atoms with van der Waals surface area (Å²) in [6.45, 7) is 16.9. The lowest BCUT2D eigenvalue weighted by Crippen LogP contribution is -2.38. The first kappa shape index (κ1) is 20.2. The van der Waals surface area contributed by atoms with Crippen LogP contribution in [0.5, 0.6) is 0 Å². The van der Waals surface area contributed by atoms with E-state index in [-0.39, 0.29) is 10.8 Å². The zero-order valence-corrected chi connectivity index (χ0v) is 17.8. The van der Waals surface area contributed by atoms with E-state index < -0.39 is 9.49 Å². The fraction of sp³-hybridized carbons (Fsp3) is 0.636. The lowest BCUT2D eigenvalue weighted by molar-refractivity contribution is 0.316. The summed E-state index contributed by atoms with van der Waals surface area (Å²) in [7, 11) is 0. The fourth-order valence-electron chi connectivity index (χ4n) is 3.61. The molecule has 0 saturated carbocycles. The Balaban J connectivity index is 2.45. The van der Waals surface area contributed by atoms with Gasteiger partial charge in [-0.2, -0.15) is 0 Å². The van der Waals surface area contributed by atoms with Gasteiger partial charge in [-0.25, -0.2) is 0 Å². The van der Waals surface area contributed by atoms with Crippen molar-refractivity contribution in [1.82, 2.24) is 0 Å². The van der Waals surface area contributed by atoms with Crippen LogP contribution in [0.3, 0.4) is 0 Å². The van der Waals surface area contributed by atoms with E-state index >= 15 is 0 Å². The number of hydrogen-bond donors (Lipinski definition) is 2. The van der Waals surface area contributed by atoms with Crippen LogP contribution in [0.25, 0.3) is 0 Å². The van der Waals surface area contributed by atoms with E-state index in [1.54, 1.807) is 11.8 Å². The molecule has 2 nitrogen and oxygen atoms in total. The van der Waals surface area contributed by atoms with Gasteiger partial charge >= 0.3 is 0 Å². The molecule has 0 aromatic heterocycles. The number of aliphatic hydroxyl groups excluding tert-OH is 2. The number of allylic oxidation sites excluding steroid dienone is 6. The minimum Gasteiger partial charge on any atom is -0.511 e. The van der Waals surface area contributed by atoms with E-state index in [9.17, 15) is 10.2 Å². The molecule has 140 valence electrons. The van der Waals surface area contributed by atoms with E-state index in [0.717, 1.165) is 24.0 Å². The summed E-state index contributed by atoms with van der Waals surface area (Å²) in [4.78, 5) is 0. The fourth-order valence-corrected chi connectivity index (χ4v) is 5.38. The molecular weight excluding hydrogens is 328 g/mol. The van der Waals surface area contributed by atoms with E-state index in [1.165, 1.54) is 0 Å². The third kappa shape index (κ3) is 3.86. The Labute approximate surface area is 157 Å². The molecular formula is C22H34O2S. The quantitative estimate of drug-likeness (QED) is 0.563. The summed E-state index contributed by atoms with van der Waals surface area (Å²) < 4.78 is -0.872. The first-order valence-corrected chi connectivity index (χ1v) is 9.94. The molecule has 0 fully saturated rings. The second-order valence-electron chi connectivity index (χ2n) is 9.80. The van der Waals surface area contributed by atoms with Crippen molar-refractivity contribution in [2.75, 3.05) is 0 Å². The molecule has 2 atom stereocenters. The van der Waals surface area contributed by atoms with Crippen LogP contribution in [0.15, 0.2) is 47.0 Å². The van der Waals surface area contributed by atoms with Gasteiger partial charge in [-0.15, -0.1) is 11.8 Å². The molecule has 0 heterocycles. The number of thioether (sulfide) groups is 1. The normalized spacial score (nSPS) is 31.0. The average Bonchev–Trinajstić information content (AvgIpc) is 2.42. The summed E-state index contributed by atoms with van der Waals surface area (Å²) in [6.07, 6.45) is 9.94. The van der Waals surface area contributed by atoms with Gasteiger partial charge < -0.3 is 10.2 Å². The highest BCUT2D eigenvalue weighted by Gasteiger charge is 2.45. The monoisotopic (exact) mass is 362 g/mol. The van der Waals surface area contributed by atoms with E-state index in [2.05, 4.69) is 79.7 Å². The van der Waals surface area contributed by atoms with Crippen LogP contribution in [0.2, 0.25) is 0 Å². The molecule has 2 aliphatic carbocycles. The van der Waals surface area contributed by atoms with Crippen LogP contribution in [-0.2, 0) is 0 Å². The van der Waals surface area contributed by atoms with Crippen molar-refractivity contribution in [1.29, 1.82) is 0 Å². The summed E-state index contributed by atoms with van der Waals surface area (Å²) in [6, 6.07) is 0. The first-order chi connectivity index (χ1) is 11.2. The molecule has 0 aromatic carbocycles. The molecule has 0 spiro atoms. The number of rotatable bonds is 2. The highest BCUT2D eigenvalue weighted by molar-refractivity contribution is 8.02. The predicted molar refractivity (Wildman–Crippen MR) is 110 cm³/mol. The number of aliphatic hydroxyl groups is 2. The largest absolute Gasteiger partial charge is 0.511 e. The maximum atomic E-state index is 11.1. The summed E-state index contributed by atoms with van der Waals surface area (Å²) >= 11 is 1.68. The van der Waals surface area contributed by atoms with Crippen LogP contribution in [0.4, 0.5) is 0 Å². The van der Waals surface area contributed by atoms with Crippen molar-refractivity contribution >= 4 is 11.8 Å². The molecule has 2 N–H and O–H groups in total. The standard InChI is InChI=1S/C22H34O2S/c1-19(2,3)15-11-9-13-21(7,17(15)23)25-22(8)14-10-12-16(18(22)24)20(4,5)6/h9-12,23-24H,13-14H2,1-8H3. The Bertz CT molecular complexity index is 609. The van der Waals surface area contributed by atoms with Gasteiger partial charge in [-0.3, -0.25) is 0 Å². The third-order valence-electron chi connectivity index (χ3n) is 5.16. The van der Waals surface area contributed by atoms with Crippen LogP contribution < -0.4 is 0 Å². The van der Waals surface area contributed by atoms with Crippen molar-refractivity contribution < 1.29 is 10.2 Å². The maximum Gasteiger partial charge on any atom is 0.112 e. The zero-order valence-electron chi connectivity index (χ0n) is 17.0. The van der Waals surface area contributed by atoms with Gasteiger partial charge in [0.15, 0.2) is 0 Å². The van der Waals surface area contributed by atoms with Gasteiger partial charge in [0.25, 0.3) is 0 Å². The van der Waals surface area contributed by atoms with Gasteiger partial charge in [0.2, 0.25) is 0 Å². The number of hydrogen-bond acceptors (Lipinski definition) is 3. The molecule has 0 aromatic rings. The van der Waals surface area contributed by atoms with Crippen LogP contribution in [0, 0.1) is 10.8 Å². The summed E-state index contributed by atoms with van der Waals surface area (Å²) in [5.74, 6) is 0.904. The lowest BCUT2D eigenvalue weighted by atomic mass is 9.79. The van der Waals surface area contributed by atoms with E-state index in [0.29, 0.717) is 11.5 Å². The van der Waals surface area contributed by atoms with Crippen LogP contribution in [-0.4, -0.2) is 19.7 Å². The summed E-state index contributed by atoms with van der Waals surface area (Å²) in [5, 5.41) is 22.1. The van der Waals surface area contributed by atoms with E-state index in [1.807, 2.05) is 0 Å². The molecule has 2 aliphatic rings. The van der Waals surface area contributed by atoms with Crippen molar-refractivity contribution in [3.05, 3.63) is 47.0 Å². The van der Waals surface area contributed by atoms with Gasteiger partial charge in [0, 0.05) is 0 Å². The average molecular weight is 363 g/mol. The lowest BCUT2D eigenvalue weighted by Gasteiger charge is -2.43. The predicted octanol–water partition coefficient (Wildman–Crippen LogP) is 6.87. The van der Waals surface area contributed by atoms with Crippen molar-refractivity contribution in [2.45, 2.75) is 77.7 Å². The highest BCUT2D eigenvalue weighted by Crippen LogP contribution is 2.53. The zero-order chi connectivity index (χ0) is 19.3. The molecule has 0 bridgehead atoms. The SMILES string of the molecule is CC(C)(C)C1=C(O)C(C)(SC2(C)CC=CC(C(C)(C)C)=C2O)CC=C1. The Hall–Kier alpha value is -1.09. The molecule has 0 amide bonds. The van der Waals surface area contributed by atoms with E-state index in [4.69, 9.17) is 0 Å². The van der Waals surface area contributed by atoms with Crippen LogP contribution >= 0.6 is 11.8 Å². The smallest absolute Gasteiger partial charge is 0.112 e. The Kier molecular flexibility index (Phi) is 5.07. The Morgan fingerprint density at radius 2 is 1.08 bits per heavy atom. The van der Waals surface area contributed by atoms with Gasteiger partial charge in [0.1, 0.15) is 11.5 Å². The second kappa shape index (κ2) is 6.26. The highest BCUT2D eigenvalue weighted by atomic mass is 32.2. The summed E-state index contributed by atoms with van der Waals surface area (Å²) in [5.41, 5.74) is 1.77. The molecule has 2 unspecified atom stereocenters. The minimum absolute atomic E-state index is 0.106. The van der Waals surface area contributed by atoms with Crippen molar-refractivity contribution in [3.8, 4) is 0 Å². The topological polar surface area (TPSA) is 40.5 Å². The van der Waals surface area contributed by atoms with Gasteiger partial charge in [-0.1, -0.05) is 65.8 Å². The van der Waals surface area contributed by atoms with Crippen molar-refractivity contribution in [2.24, 2.45) is 10.8 Å². The maximum absolute atomic E-state index is 11.1. The minimum atomic E-state index is -0.436. The molecule has 3 heteroatoms. The Morgan fingerprint density at radius 1 is 0.760 bits per heavy atom. The molecule has 2 rings (SSSR count). The molecule has 0 radical (unpaired) electrons. The first-order valence-electron chi connectivity index (χ1n) is 9.12. The Morgan fingerprint density at radius 3 is 1.36 bits per heavy atom.